The first-order valence-electron chi connectivity index (χ1n) is 14.0. The third-order valence-electron chi connectivity index (χ3n) is 8.47. The number of hydrogen-bond donors (Lipinski definition) is 1. The van der Waals surface area contributed by atoms with Gasteiger partial charge in [-0.2, -0.15) is 0 Å². The molecule has 2 aromatic rings. The van der Waals surface area contributed by atoms with E-state index in [0.29, 0.717) is 45.5 Å². The predicted molar refractivity (Wildman–Crippen MR) is 149 cm³/mol. The zero-order valence-corrected chi connectivity index (χ0v) is 23.7. The molecule has 10 heteroatoms. The van der Waals surface area contributed by atoms with Crippen LogP contribution in [0.2, 0.25) is 0 Å². The lowest BCUT2D eigenvalue weighted by molar-refractivity contribution is -0.192. The maximum absolute atomic E-state index is 12.6. The highest BCUT2D eigenvalue weighted by molar-refractivity contribution is 6.02. The van der Waals surface area contributed by atoms with Crippen molar-refractivity contribution in [1.29, 1.82) is 0 Å². The lowest BCUT2D eigenvalue weighted by Gasteiger charge is -2.54. The Morgan fingerprint density at radius 3 is 2.02 bits per heavy atom. The van der Waals surface area contributed by atoms with Crippen LogP contribution in [-0.2, 0) is 46.5 Å². The monoisotopic (exact) mass is 563 g/mol. The highest BCUT2D eigenvalue weighted by atomic mass is 16.5. The molecule has 3 heterocycles. The number of cyclic esters (lactones) is 1. The molecule has 3 aliphatic heterocycles. The highest BCUT2D eigenvalue weighted by Gasteiger charge is 2.65. The van der Waals surface area contributed by atoms with E-state index in [1.807, 2.05) is 67.6 Å². The van der Waals surface area contributed by atoms with Gasteiger partial charge in [0.15, 0.2) is 11.1 Å². The van der Waals surface area contributed by atoms with Crippen molar-refractivity contribution < 1.29 is 33.4 Å². The number of esters is 2. The number of amides is 3. The summed E-state index contributed by atoms with van der Waals surface area (Å²) in [5, 5.41) is 2.56. The topological polar surface area (TPSA) is 122 Å². The molecule has 10 nitrogen and oxygen atoms in total. The number of ether oxygens (including phenoxy) is 2. The summed E-state index contributed by atoms with van der Waals surface area (Å²) in [6, 6.07) is 19.2. The molecule has 0 unspecified atom stereocenters. The number of hydrogen-bond acceptors (Lipinski definition) is 7. The Hall–Kier alpha value is -4.21. The largest absolute Gasteiger partial charge is 0.464 e. The Balaban J connectivity index is 0.000000194. The molecule has 0 saturated carbocycles. The van der Waals surface area contributed by atoms with Crippen molar-refractivity contribution in [2.45, 2.75) is 57.8 Å². The molecule has 2 aromatic carbocycles. The van der Waals surface area contributed by atoms with E-state index in [-0.39, 0.29) is 30.3 Å². The van der Waals surface area contributed by atoms with Crippen LogP contribution in [0.5, 0.6) is 0 Å². The van der Waals surface area contributed by atoms with Gasteiger partial charge in [-0.1, -0.05) is 74.5 Å². The number of likely N-dealkylation sites (tertiary alicyclic amines) is 2. The van der Waals surface area contributed by atoms with Crippen molar-refractivity contribution in [2.24, 2.45) is 11.8 Å². The van der Waals surface area contributed by atoms with Gasteiger partial charge in [0, 0.05) is 26.1 Å². The molecule has 3 saturated heterocycles. The van der Waals surface area contributed by atoms with Crippen LogP contribution in [0, 0.1) is 11.8 Å². The number of carbonyl (C=O) groups excluding carboxylic acids is 5. The van der Waals surface area contributed by atoms with Gasteiger partial charge in [-0.3, -0.25) is 14.4 Å². The van der Waals surface area contributed by atoms with Crippen LogP contribution in [0.4, 0.5) is 0 Å². The van der Waals surface area contributed by atoms with Crippen LogP contribution < -0.4 is 5.32 Å². The summed E-state index contributed by atoms with van der Waals surface area (Å²) in [6.07, 6.45) is 1.54. The van der Waals surface area contributed by atoms with Crippen molar-refractivity contribution in [3.05, 3.63) is 71.8 Å². The molecule has 3 fully saturated rings. The molecule has 4 atom stereocenters. The molecule has 0 aromatic heterocycles. The number of β-lactam (4-membered cyclic amide) rings is 2. The van der Waals surface area contributed by atoms with Crippen LogP contribution in [0.3, 0.4) is 0 Å². The zero-order valence-electron chi connectivity index (χ0n) is 23.7. The van der Waals surface area contributed by atoms with Gasteiger partial charge in [-0.25, -0.2) is 9.59 Å². The van der Waals surface area contributed by atoms with Gasteiger partial charge in [0.2, 0.25) is 18.2 Å². The summed E-state index contributed by atoms with van der Waals surface area (Å²) in [7, 11) is 0. The second-order valence-electron chi connectivity index (χ2n) is 10.5. The standard InChI is InChI=1S/C17H22N2O4.C14H15NO3/c1-3-23-16(22)17(9-10-18-12-20)13(2)15(21)19(17)11-14-7-5-4-6-8-14;1-10-12(16)15(9-11-5-3-2-4-6-11)14(10)7-8-18-13(14)17/h4-8,12-13H,3,9-11H2,1-2H3,(H,18,20);2-6,10H,7-9H2,1H3/t13-,17+;10-,14+/m00/s1. The summed E-state index contributed by atoms with van der Waals surface area (Å²) in [5.74, 6) is -1.40. The van der Waals surface area contributed by atoms with Crippen LogP contribution in [0.25, 0.3) is 0 Å². The fourth-order valence-corrected chi connectivity index (χ4v) is 6.06. The minimum Gasteiger partial charge on any atom is -0.464 e. The van der Waals surface area contributed by atoms with Gasteiger partial charge in [0.1, 0.15) is 0 Å². The quantitative estimate of drug-likeness (QED) is 0.204. The molecule has 0 bridgehead atoms. The normalized spacial score (nSPS) is 26.4. The third kappa shape index (κ3) is 5.30. The zero-order chi connectivity index (χ0) is 29.6. The molecule has 218 valence electrons. The number of nitrogens with one attached hydrogen (secondary N) is 1. The maximum atomic E-state index is 12.6. The summed E-state index contributed by atoms with van der Waals surface area (Å²) < 4.78 is 10.3. The fraction of sp³-hybridized carbons (Fsp3) is 0.452. The Morgan fingerprint density at radius 1 is 0.951 bits per heavy atom. The van der Waals surface area contributed by atoms with E-state index >= 15 is 0 Å². The second-order valence-corrected chi connectivity index (χ2v) is 10.5. The van der Waals surface area contributed by atoms with Crippen LogP contribution in [0.1, 0.15) is 44.7 Å². The summed E-state index contributed by atoms with van der Waals surface area (Å²) >= 11 is 0. The van der Waals surface area contributed by atoms with E-state index in [2.05, 4.69) is 5.32 Å². The first kappa shape index (κ1) is 29.8. The summed E-state index contributed by atoms with van der Waals surface area (Å²) in [4.78, 5) is 62.6. The van der Waals surface area contributed by atoms with Gasteiger partial charge >= 0.3 is 11.9 Å². The van der Waals surface area contributed by atoms with E-state index < -0.39 is 23.0 Å². The molecular formula is C31H37N3O7. The molecule has 1 spiro atoms. The lowest BCUT2D eigenvalue weighted by atomic mass is 9.71. The SMILES string of the molecule is CCOC(=O)[C@@]1(CCNC=O)[C@@H](C)C(=O)N1Cc1ccccc1.C[C@H]1C(=O)N(Cc2ccccc2)[C@]12CCOC2=O. The first-order valence-corrected chi connectivity index (χ1v) is 14.0. The van der Waals surface area contributed by atoms with Crippen molar-refractivity contribution in [3.8, 4) is 0 Å². The minimum atomic E-state index is -1.01. The van der Waals surface area contributed by atoms with E-state index in [1.54, 1.807) is 23.6 Å². The molecular weight excluding hydrogens is 526 g/mol. The van der Waals surface area contributed by atoms with Gasteiger partial charge in [-0.15, -0.1) is 0 Å². The molecule has 5 rings (SSSR count). The van der Waals surface area contributed by atoms with Gasteiger partial charge in [-0.05, 0) is 24.5 Å². The number of carbonyl (C=O) groups is 5. The van der Waals surface area contributed by atoms with Crippen molar-refractivity contribution >= 4 is 30.2 Å². The summed E-state index contributed by atoms with van der Waals surface area (Å²) in [6.45, 7) is 7.11. The molecule has 41 heavy (non-hydrogen) atoms. The summed E-state index contributed by atoms with van der Waals surface area (Å²) in [5.41, 5.74) is 0.271. The van der Waals surface area contributed by atoms with Crippen molar-refractivity contribution in [1.82, 2.24) is 15.1 Å². The van der Waals surface area contributed by atoms with E-state index in [4.69, 9.17) is 9.47 Å². The first-order chi connectivity index (χ1) is 19.7. The molecule has 0 aliphatic carbocycles. The van der Waals surface area contributed by atoms with Crippen LogP contribution in [-0.4, -0.2) is 70.8 Å². The number of rotatable bonds is 10. The van der Waals surface area contributed by atoms with Gasteiger partial charge in [0.25, 0.3) is 0 Å². The van der Waals surface area contributed by atoms with Gasteiger partial charge in [0.05, 0.1) is 25.0 Å². The molecule has 3 aliphatic rings. The lowest BCUT2D eigenvalue weighted by Crippen LogP contribution is -2.74. The van der Waals surface area contributed by atoms with E-state index in [1.165, 1.54) is 0 Å². The van der Waals surface area contributed by atoms with E-state index in [9.17, 15) is 24.0 Å². The number of nitrogens with zero attached hydrogens (tertiary/aromatic N) is 2. The smallest absolute Gasteiger partial charge is 0.333 e. The average Bonchev–Trinajstić information content (AvgIpc) is 3.41. The second kappa shape index (κ2) is 12.5. The van der Waals surface area contributed by atoms with E-state index in [0.717, 1.165) is 11.1 Å². The molecule has 0 radical (unpaired) electrons. The van der Waals surface area contributed by atoms with Gasteiger partial charge < -0.3 is 24.6 Å². The fourth-order valence-electron chi connectivity index (χ4n) is 6.06. The Kier molecular flexibility index (Phi) is 9.10. The Morgan fingerprint density at radius 2 is 1.51 bits per heavy atom. The highest BCUT2D eigenvalue weighted by Crippen LogP contribution is 2.45. The molecule has 1 N–H and O–H groups in total. The van der Waals surface area contributed by atoms with Crippen molar-refractivity contribution in [2.75, 3.05) is 19.8 Å². The minimum absolute atomic E-state index is 0.0395. The Labute approximate surface area is 240 Å². The Bertz CT molecular complexity index is 1270. The average molecular weight is 564 g/mol. The van der Waals surface area contributed by atoms with Crippen LogP contribution in [0.15, 0.2) is 60.7 Å². The number of benzene rings is 2. The maximum Gasteiger partial charge on any atom is 0.333 e. The third-order valence-corrected chi connectivity index (χ3v) is 8.47. The van der Waals surface area contributed by atoms with Crippen LogP contribution >= 0.6 is 0 Å². The van der Waals surface area contributed by atoms with Crippen molar-refractivity contribution in [3.63, 3.8) is 0 Å². The predicted octanol–water partition coefficient (Wildman–Crippen LogP) is 2.45. The molecule has 3 amide bonds.